The Balaban J connectivity index is 2.67. The van der Waals surface area contributed by atoms with Crippen molar-refractivity contribution in [2.24, 2.45) is 5.73 Å². The van der Waals surface area contributed by atoms with Gasteiger partial charge < -0.3 is 10.5 Å². The zero-order valence-electron chi connectivity index (χ0n) is 8.38. The summed E-state index contributed by atoms with van der Waals surface area (Å²) < 4.78 is 5.02. The number of nitrogens with zero attached hydrogens (tertiary/aromatic N) is 1. The molecule has 1 saturated heterocycles. The van der Waals surface area contributed by atoms with Crippen LogP contribution in [0, 0.1) is 0 Å². The van der Waals surface area contributed by atoms with Crippen molar-refractivity contribution in [2.75, 3.05) is 19.7 Å². The minimum absolute atomic E-state index is 0.179. The molecule has 0 saturated carbocycles. The molecule has 0 aromatic rings. The Kier molecular flexibility index (Phi) is 3.14. The summed E-state index contributed by atoms with van der Waals surface area (Å²) in [6, 6.07) is 0. The monoisotopic (exact) mass is 186 g/mol. The van der Waals surface area contributed by atoms with Crippen LogP contribution in [0.1, 0.15) is 26.7 Å². The van der Waals surface area contributed by atoms with Crippen LogP contribution in [-0.2, 0) is 4.74 Å². The quantitative estimate of drug-likeness (QED) is 0.711. The largest absolute Gasteiger partial charge is 0.447 e. The van der Waals surface area contributed by atoms with Crippen LogP contribution in [-0.4, -0.2) is 36.2 Å². The molecular formula is C9H18N2O2. The van der Waals surface area contributed by atoms with Crippen molar-refractivity contribution in [1.29, 1.82) is 0 Å². The Hall–Kier alpha value is -0.770. The van der Waals surface area contributed by atoms with E-state index in [0.29, 0.717) is 13.2 Å². The lowest BCUT2D eigenvalue weighted by atomic mass is 9.98. The van der Waals surface area contributed by atoms with Gasteiger partial charge in [-0.1, -0.05) is 6.92 Å². The fourth-order valence-electron chi connectivity index (χ4n) is 1.70. The molecule has 0 radical (unpaired) electrons. The maximum Gasteiger partial charge on any atom is 0.410 e. The summed E-state index contributed by atoms with van der Waals surface area (Å²) in [7, 11) is 0. The average Bonchev–Trinajstić information content (AvgIpc) is 2.34. The minimum Gasteiger partial charge on any atom is -0.447 e. The van der Waals surface area contributed by atoms with Gasteiger partial charge in [-0.3, -0.25) is 4.90 Å². The number of carbonyl (C=O) groups excluding carboxylic acids is 1. The fourth-order valence-corrected chi connectivity index (χ4v) is 1.70. The van der Waals surface area contributed by atoms with Crippen molar-refractivity contribution in [1.82, 2.24) is 4.90 Å². The fraction of sp³-hybridized carbons (Fsp3) is 0.889. The molecule has 4 heteroatoms. The van der Waals surface area contributed by atoms with Crippen molar-refractivity contribution in [3.63, 3.8) is 0 Å². The van der Waals surface area contributed by atoms with Gasteiger partial charge in [-0.2, -0.15) is 0 Å². The summed E-state index contributed by atoms with van der Waals surface area (Å²) in [5.74, 6) is 0. The van der Waals surface area contributed by atoms with Gasteiger partial charge in [0.05, 0.1) is 5.54 Å². The molecule has 2 N–H and O–H groups in total. The van der Waals surface area contributed by atoms with Gasteiger partial charge in [0.1, 0.15) is 6.61 Å². The third kappa shape index (κ3) is 1.94. The zero-order valence-corrected chi connectivity index (χ0v) is 8.38. The number of hydrogen-bond acceptors (Lipinski definition) is 3. The Bertz CT molecular complexity index is 196. The van der Waals surface area contributed by atoms with Crippen LogP contribution >= 0.6 is 0 Å². The maximum absolute atomic E-state index is 11.3. The smallest absolute Gasteiger partial charge is 0.410 e. The summed E-state index contributed by atoms with van der Waals surface area (Å²) in [4.78, 5) is 13.1. The number of rotatable bonds is 4. The summed E-state index contributed by atoms with van der Waals surface area (Å²) in [6.07, 6.45) is 1.56. The summed E-state index contributed by atoms with van der Waals surface area (Å²) >= 11 is 0. The molecule has 0 bridgehead atoms. The highest BCUT2D eigenvalue weighted by molar-refractivity contribution is 5.71. The van der Waals surface area contributed by atoms with E-state index in [9.17, 15) is 4.79 Å². The second-order valence-electron chi connectivity index (χ2n) is 3.74. The predicted molar refractivity (Wildman–Crippen MR) is 50.4 cm³/mol. The molecule has 4 nitrogen and oxygen atoms in total. The second kappa shape index (κ2) is 3.96. The van der Waals surface area contributed by atoms with Crippen molar-refractivity contribution < 1.29 is 9.53 Å². The van der Waals surface area contributed by atoms with Gasteiger partial charge >= 0.3 is 6.09 Å². The van der Waals surface area contributed by atoms with E-state index in [0.717, 1.165) is 19.4 Å². The first-order valence-electron chi connectivity index (χ1n) is 4.78. The lowest BCUT2D eigenvalue weighted by molar-refractivity contribution is 0.152. The molecule has 1 fully saturated rings. The molecule has 0 aliphatic carbocycles. The van der Waals surface area contributed by atoms with Gasteiger partial charge in [0, 0.05) is 6.54 Å². The Morgan fingerprint density at radius 3 is 2.92 bits per heavy atom. The maximum atomic E-state index is 11.3. The van der Waals surface area contributed by atoms with Crippen LogP contribution in [0.5, 0.6) is 0 Å². The van der Waals surface area contributed by atoms with Gasteiger partial charge in [-0.15, -0.1) is 0 Å². The molecule has 0 aromatic heterocycles. The normalized spacial score (nSPS) is 27.9. The molecule has 1 aliphatic rings. The first-order valence-corrected chi connectivity index (χ1v) is 4.78. The number of amides is 1. The Morgan fingerprint density at radius 1 is 1.69 bits per heavy atom. The summed E-state index contributed by atoms with van der Waals surface area (Å²) in [5.41, 5.74) is 5.33. The van der Waals surface area contributed by atoms with Crippen LogP contribution < -0.4 is 5.73 Å². The van der Waals surface area contributed by atoms with E-state index in [2.05, 4.69) is 6.92 Å². The minimum atomic E-state index is -0.196. The van der Waals surface area contributed by atoms with Crippen LogP contribution in [0.25, 0.3) is 0 Å². The van der Waals surface area contributed by atoms with Crippen molar-refractivity contribution in [3.05, 3.63) is 0 Å². The number of ether oxygens (including phenoxy) is 1. The lowest BCUT2D eigenvalue weighted by Gasteiger charge is -2.31. The first-order chi connectivity index (χ1) is 6.14. The zero-order chi connectivity index (χ0) is 9.90. The van der Waals surface area contributed by atoms with Crippen LogP contribution in [0.15, 0.2) is 0 Å². The number of cyclic esters (lactones) is 1. The van der Waals surface area contributed by atoms with Gasteiger partial charge in [-0.05, 0) is 26.3 Å². The predicted octanol–water partition coefficient (Wildman–Crippen LogP) is 0.956. The van der Waals surface area contributed by atoms with Gasteiger partial charge in [0.25, 0.3) is 0 Å². The molecule has 13 heavy (non-hydrogen) atoms. The third-order valence-electron chi connectivity index (χ3n) is 2.51. The van der Waals surface area contributed by atoms with Gasteiger partial charge in [-0.25, -0.2) is 4.79 Å². The molecular weight excluding hydrogens is 168 g/mol. The van der Waals surface area contributed by atoms with E-state index in [-0.39, 0.29) is 11.6 Å². The van der Waals surface area contributed by atoms with E-state index < -0.39 is 0 Å². The molecule has 1 aliphatic heterocycles. The van der Waals surface area contributed by atoms with Crippen molar-refractivity contribution in [3.8, 4) is 0 Å². The molecule has 1 amide bonds. The highest BCUT2D eigenvalue weighted by Crippen LogP contribution is 2.26. The summed E-state index contributed by atoms with van der Waals surface area (Å²) in [5, 5.41) is 0. The van der Waals surface area contributed by atoms with Gasteiger partial charge in [0.2, 0.25) is 0 Å². The van der Waals surface area contributed by atoms with E-state index in [1.54, 1.807) is 4.90 Å². The highest BCUT2D eigenvalue weighted by atomic mass is 16.6. The number of nitrogens with two attached hydrogens (primary N) is 1. The number of carbonyl (C=O) groups is 1. The standard InChI is InChI=1S/C9H18N2O2/c1-3-6-11-8(12)13-7-9(11,2)4-5-10/h3-7,10H2,1-2H3. The average molecular weight is 186 g/mol. The molecule has 1 unspecified atom stereocenters. The summed E-state index contributed by atoms with van der Waals surface area (Å²) in [6.45, 7) is 5.90. The van der Waals surface area contributed by atoms with E-state index in [1.807, 2.05) is 6.92 Å². The van der Waals surface area contributed by atoms with Crippen LogP contribution in [0.2, 0.25) is 0 Å². The van der Waals surface area contributed by atoms with E-state index >= 15 is 0 Å². The van der Waals surface area contributed by atoms with Crippen molar-refractivity contribution in [2.45, 2.75) is 32.2 Å². The first kappa shape index (κ1) is 10.3. The van der Waals surface area contributed by atoms with E-state index in [4.69, 9.17) is 10.5 Å². The molecule has 1 heterocycles. The lowest BCUT2D eigenvalue weighted by Crippen LogP contribution is -2.46. The Labute approximate surface area is 79.0 Å². The highest BCUT2D eigenvalue weighted by Gasteiger charge is 2.42. The van der Waals surface area contributed by atoms with Crippen LogP contribution in [0.3, 0.4) is 0 Å². The molecule has 0 spiro atoms. The molecule has 1 rings (SSSR count). The van der Waals surface area contributed by atoms with E-state index in [1.165, 1.54) is 0 Å². The third-order valence-corrected chi connectivity index (χ3v) is 2.51. The topological polar surface area (TPSA) is 55.6 Å². The second-order valence-corrected chi connectivity index (χ2v) is 3.74. The van der Waals surface area contributed by atoms with Gasteiger partial charge in [0.15, 0.2) is 0 Å². The number of hydrogen-bond donors (Lipinski definition) is 1. The molecule has 0 aromatic carbocycles. The van der Waals surface area contributed by atoms with Crippen LogP contribution in [0.4, 0.5) is 4.79 Å². The van der Waals surface area contributed by atoms with Crippen molar-refractivity contribution >= 4 is 6.09 Å². The SMILES string of the molecule is CCCN1C(=O)OCC1(C)CCN. The molecule has 1 atom stereocenters. The Morgan fingerprint density at radius 2 is 2.38 bits per heavy atom. The molecule has 76 valence electrons.